The van der Waals surface area contributed by atoms with Gasteiger partial charge in [0.1, 0.15) is 0 Å². The minimum atomic E-state index is -0.412. The van der Waals surface area contributed by atoms with Gasteiger partial charge in [-0.15, -0.1) is 0 Å². The molecule has 2 heterocycles. The van der Waals surface area contributed by atoms with Gasteiger partial charge >= 0.3 is 0 Å². The van der Waals surface area contributed by atoms with Gasteiger partial charge in [0.05, 0.1) is 29.2 Å². The normalized spacial score (nSPS) is 13.4. The Hall–Kier alpha value is -4.26. The molecule has 0 amide bonds. The van der Waals surface area contributed by atoms with Crippen LogP contribution in [-0.4, -0.2) is 52.4 Å². The first-order chi connectivity index (χ1) is 19.0. The maximum absolute atomic E-state index is 11.8. The molecule has 5 rings (SSSR count). The quantitative estimate of drug-likeness (QED) is 0.151. The van der Waals surface area contributed by atoms with Crippen LogP contribution in [0.4, 0.5) is 29.2 Å². The summed E-state index contributed by atoms with van der Waals surface area (Å²) in [4.78, 5) is 28.2. The van der Waals surface area contributed by atoms with Gasteiger partial charge < -0.3 is 15.0 Å². The van der Waals surface area contributed by atoms with E-state index in [1.165, 1.54) is 24.0 Å². The number of morpholine rings is 1. The molecule has 11 nitrogen and oxygen atoms in total. The number of nitrogens with one attached hydrogen (secondary N) is 2. The zero-order valence-corrected chi connectivity index (χ0v) is 22.1. The Morgan fingerprint density at radius 1 is 1.00 bits per heavy atom. The Kier molecular flexibility index (Phi) is 8.46. The van der Waals surface area contributed by atoms with Crippen molar-refractivity contribution < 1.29 is 9.66 Å². The molecule has 0 spiro atoms. The second-order valence-electron chi connectivity index (χ2n) is 8.28. The SMILES string of the molecule is O=[N+]([O-])c1cc(/C=N/Nc2nc(Nc3ccccc3)nc(N3CCOCC3)n2)ccc1Sc1ccc(Cl)cc1. The van der Waals surface area contributed by atoms with Crippen LogP contribution in [0.2, 0.25) is 5.02 Å². The number of ether oxygens (including phenoxy) is 1. The minimum Gasteiger partial charge on any atom is -0.378 e. The topological polar surface area (TPSA) is 131 Å². The van der Waals surface area contributed by atoms with Crippen LogP contribution in [0.3, 0.4) is 0 Å². The highest BCUT2D eigenvalue weighted by Gasteiger charge is 2.18. The van der Waals surface area contributed by atoms with Crippen molar-refractivity contribution >= 4 is 58.8 Å². The van der Waals surface area contributed by atoms with E-state index in [0.717, 1.165) is 10.6 Å². The standard InChI is InChI=1S/C26H23ClN8O3S/c27-19-7-9-21(10-8-19)39-23-11-6-18(16-22(23)35(36)37)17-28-33-25-30-24(29-20-4-2-1-3-5-20)31-26(32-25)34-12-14-38-15-13-34/h1-11,16-17H,12-15H2,(H2,29,30,31,32,33)/b28-17+. The highest BCUT2D eigenvalue weighted by atomic mass is 35.5. The van der Waals surface area contributed by atoms with Crippen LogP contribution >= 0.6 is 23.4 Å². The monoisotopic (exact) mass is 562 g/mol. The van der Waals surface area contributed by atoms with Crippen molar-refractivity contribution in [3.63, 3.8) is 0 Å². The number of hydrazone groups is 1. The number of hydrogen-bond donors (Lipinski definition) is 2. The van der Waals surface area contributed by atoms with Crippen molar-refractivity contribution in [1.82, 2.24) is 15.0 Å². The molecule has 0 unspecified atom stereocenters. The van der Waals surface area contributed by atoms with Crippen LogP contribution in [0.25, 0.3) is 0 Å². The predicted molar refractivity (Wildman–Crippen MR) is 152 cm³/mol. The zero-order valence-electron chi connectivity index (χ0n) is 20.5. The van der Waals surface area contributed by atoms with Crippen molar-refractivity contribution in [2.75, 3.05) is 41.9 Å². The van der Waals surface area contributed by atoms with Crippen LogP contribution in [0.15, 0.2) is 87.7 Å². The summed E-state index contributed by atoms with van der Waals surface area (Å²) in [5.41, 5.74) is 4.17. The Balaban J connectivity index is 1.34. The number of aromatic nitrogens is 3. The lowest BCUT2D eigenvalue weighted by Crippen LogP contribution is -2.37. The first-order valence-corrected chi connectivity index (χ1v) is 13.1. The molecule has 2 N–H and O–H groups in total. The average molecular weight is 563 g/mol. The number of nitro benzene ring substituents is 1. The summed E-state index contributed by atoms with van der Waals surface area (Å²) >= 11 is 7.23. The number of nitro groups is 1. The Morgan fingerprint density at radius 2 is 1.74 bits per heavy atom. The molecule has 198 valence electrons. The minimum absolute atomic E-state index is 0.0250. The van der Waals surface area contributed by atoms with E-state index in [2.05, 4.69) is 30.8 Å². The Labute approximate surface area is 233 Å². The number of para-hydroxylation sites is 1. The predicted octanol–water partition coefficient (Wildman–Crippen LogP) is 5.61. The summed E-state index contributed by atoms with van der Waals surface area (Å²) in [6.45, 7) is 2.47. The molecule has 0 aliphatic carbocycles. The summed E-state index contributed by atoms with van der Waals surface area (Å²) in [5, 5.41) is 19.8. The van der Waals surface area contributed by atoms with Crippen molar-refractivity contribution in [3.8, 4) is 0 Å². The van der Waals surface area contributed by atoms with Gasteiger partial charge in [0.15, 0.2) is 0 Å². The van der Waals surface area contributed by atoms with E-state index in [9.17, 15) is 10.1 Å². The van der Waals surface area contributed by atoms with Crippen LogP contribution in [0, 0.1) is 10.1 Å². The first kappa shape index (κ1) is 26.4. The lowest BCUT2D eigenvalue weighted by molar-refractivity contribution is -0.387. The van der Waals surface area contributed by atoms with Gasteiger partial charge in [-0.25, -0.2) is 5.43 Å². The smallest absolute Gasteiger partial charge is 0.283 e. The second-order valence-corrected chi connectivity index (χ2v) is 9.84. The molecule has 13 heteroatoms. The molecule has 0 atom stereocenters. The first-order valence-electron chi connectivity index (χ1n) is 12.0. The van der Waals surface area contributed by atoms with Gasteiger partial charge in [0, 0.05) is 40.3 Å². The third-order valence-electron chi connectivity index (χ3n) is 5.55. The summed E-state index contributed by atoms with van der Waals surface area (Å²) in [6.07, 6.45) is 1.48. The van der Waals surface area contributed by atoms with Crippen LogP contribution in [0.1, 0.15) is 5.56 Å². The number of rotatable bonds is 9. The molecule has 4 aromatic rings. The summed E-state index contributed by atoms with van der Waals surface area (Å²) in [5.74, 6) is 1.07. The van der Waals surface area contributed by atoms with Gasteiger partial charge in [-0.1, -0.05) is 47.6 Å². The molecule has 0 bridgehead atoms. The van der Waals surface area contributed by atoms with Crippen molar-refractivity contribution in [1.29, 1.82) is 0 Å². The third-order valence-corrected chi connectivity index (χ3v) is 6.87. The lowest BCUT2D eigenvalue weighted by Gasteiger charge is -2.27. The van der Waals surface area contributed by atoms with Crippen molar-refractivity contribution in [3.05, 3.63) is 93.5 Å². The molecule has 39 heavy (non-hydrogen) atoms. The number of hydrogen-bond acceptors (Lipinski definition) is 11. The molecule has 1 aliphatic heterocycles. The van der Waals surface area contributed by atoms with E-state index in [0.29, 0.717) is 53.7 Å². The molecular weight excluding hydrogens is 540 g/mol. The van der Waals surface area contributed by atoms with Gasteiger partial charge in [-0.05, 0) is 42.5 Å². The van der Waals surface area contributed by atoms with Crippen LogP contribution in [-0.2, 0) is 4.74 Å². The van der Waals surface area contributed by atoms with Crippen molar-refractivity contribution in [2.24, 2.45) is 5.10 Å². The number of anilines is 4. The molecule has 0 radical (unpaired) electrons. The second kappa shape index (κ2) is 12.5. The average Bonchev–Trinajstić information content (AvgIpc) is 2.96. The highest BCUT2D eigenvalue weighted by Crippen LogP contribution is 2.35. The highest BCUT2D eigenvalue weighted by molar-refractivity contribution is 7.99. The van der Waals surface area contributed by atoms with E-state index in [1.807, 2.05) is 47.4 Å². The fourth-order valence-corrected chi connectivity index (χ4v) is 4.69. The zero-order chi connectivity index (χ0) is 27.0. The number of benzene rings is 3. The van der Waals surface area contributed by atoms with Gasteiger partial charge in [0.2, 0.25) is 17.8 Å². The van der Waals surface area contributed by atoms with Gasteiger partial charge in [-0.2, -0.15) is 20.1 Å². The van der Waals surface area contributed by atoms with E-state index in [1.54, 1.807) is 24.3 Å². The molecule has 0 saturated carbocycles. The maximum atomic E-state index is 11.8. The number of halogens is 1. The van der Waals surface area contributed by atoms with E-state index in [-0.39, 0.29) is 11.6 Å². The number of nitrogens with zero attached hydrogens (tertiary/aromatic N) is 6. The molecule has 1 fully saturated rings. The van der Waals surface area contributed by atoms with Crippen LogP contribution < -0.4 is 15.6 Å². The fraction of sp³-hybridized carbons (Fsp3) is 0.154. The maximum Gasteiger partial charge on any atom is 0.283 e. The lowest BCUT2D eigenvalue weighted by atomic mass is 10.2. The van der Waals surface area contributed by atoms with Gasteiger partial charge in [0.25, 0.3) is 5.69 Å². The third kappa shape index (κ3) is 7.19. The largest absolute Gasteiger partial charge is 0.378 e. The van der Waals surface area contributed by atoms with Gasteiger partial charge in [-0.3, -0.25) is 10.1 Å². The van der Waals surface area contributed by atoms with E-state index < -0.39 is 4.92 Å². The molecule has 1 saturated heterocycles. The Bertz CT molecular complexity index is 1470. The molecule has 3 aromatic carbocycles. The van der Waals surface area contributed by atoms with Crippen LogP contribution in [0.5, 0.6) is 0 Å². The molecule has 1 aromatic heterocycles. The fourth-order valence-electron chi connectivity index (χ4n) is 3.66. The molecular formula is C26H23ClN8O3S. The summed E-state index contributed by atoms with van der Waals surface area (Å²) < 4.78 is 5.44. The van der Waals surface area contributed by atoms with E-state index in [4.69, 9.17) is 16.3 Å². The Morgan fingerprint density at radius 3 is 2.49 bits per heavy atom. The summed E-state index contributed by atoms with van der Waals surface area (Å²) in [6, 6.07) is 21.6. The van der Waals surface area contributed by atoms with E-state index >= 15 is 0 Å². The summed E-state index contributed by atoms with van der Waals surface area (Å²) in [7, 11) is 0. The molecule has 1 aliphatic rings. The van der Waals surface area contributed by atoms with Crippen molar-refractivity contribution in [2.45, 2.75) is 9.79 Å².